The number of hydrogen-bond donors (Lipinski definition) is 3. The molecule has 0 radical (unpaired) electrons. The lowest BCUT2D eigenvalue weighted by atomic mass is 9.77. The predicted octanol–water partition coefficient (Wildman–Crippen LogP) is 3.60. The summed E-state index contributed by atoms with van der Waals surface area (Å²) in [7, 11) is 3.41. The molecule has 0 aromatic heterocycles. The number of carbonyl (C=O) groups is 3. The van der Waals surface area contributed by atoms with Crippen molar-refractivity contribution in [3.05, 3.63) is 47.5 Å². The summed E-state index contributed by atoms with van der Waals surface area (Å²) in [4.78, 5) is 39.9. The Hall–Kier alpha value is -2.67. The molecule has 0 saturated carbocycles. The van der Waals surface area contributed by atoms with Crippen LogP contribution in [0.5, 0.6) is 0 Å². The van der Waals surface area contributed by atoms with E-state index in [9.17, 15) is 19.5 Å². The largest absolute Gasteiger partial charge is 0.478 e. The lowest BCUT2D eigenvalue weighted by molar-refractivity contribution is -0.138. The molecule has 7 heteroatoms. The molecule has 1 rings (SSSR count). The highest BCUT2D eigenvalue weighted by Crippen LogP contribution is 2.27. The summed E-state index contributed by atoms with van der Waals surface area (Å²) in [6.07, 6.45) is 2.08. The number of hydrogen-bond acceptors (Lipinski definition) is 4. The van der Waals surface area contributed by atoms with Crippen molar-refractivity contribution in [3.8, 4) is 0 Å². The highest BCUT2D eigenvalue weighted by molar-refractivity contribution is 5.91. The molecule has 1 aromatic carbocycles. The number of benzene rings is 1. The van der Waals surface area contributed by atoms with Crippen LogP contribution in [0.3, 0.4) is 0 Å². The fourth-order valence-corrected chi connectivity index (χ4v) is 4.27. The number of likely N-dealkylation sites (N-methyl/N-ethyl adjacent to an activating group) is 2. The monoisotopic (exact) mass is 473 g/mol. The maximum absolute atomic E-state index is 13.6. The van der Waals surface area contributed by atoms with Crippen molar-refractivity contribution < 1.29 is 19.5 Å². The minimum atomic E-state index is -1.02. The Labute approximate surface area is 205 Å². The number of carbonyl (C=O) groups excluding carboxylic acids is 2. The van der Waals surface area contributed by atoms with Gasteiger partial charge in [-0.25, -0.2) is 4.79 Å². The average Bonchev–Trinajstić information content (AvgIpc) is 2.76. The molecular weight excluding hydrogens is 430 g/mol. The van der Waals surface area contributed by atoms with Gasteiger partial charge in [-0.3, -0.25) is 9.59 Å². The first kappa shape index (κ1) is 29.4. The Morgan fingerprint density at radius 2 is 1.65 bits per heavy atom. The van der Waals surface area contributed by atoms with Crippen LogP contribution in [0.15, 0.2) is 42.0 Å². The fourth-order valence-electron chi connectivity index (χ4n) is 4.27. The summed E-state index contributed by atoms with van der Waals surface area (Å²) in [5, 5.41) is 15.4. The highest BCUT2D eigenvalue weighted by atomic mass is 16.4. The van der Waals surface area contributed by atoms with Crippen LogP contribution in [0.25, 0.3) is 0 Å². The molecule has 0 aliphatic carbocycles. The van der Waals surface area contributed by atoms with Crippen molar-refractivity contribution in [2.75, 3.05) is 14.1 Å². The normalized spacial score (nSPS) is 15.1. The van der Waals surface area contributed by atoms with Crippen LogP contribution in [0.2, 0.25) is 0 Å². The predicted molar refractivity (Wildman–Crippen MR) is 136 cm³/mol. The number of carboxylic acids is 1. The van der Waals surface area contributed by atoms with Gasteiger partial charge in [0.05, 0.1) is 12.1 Å². The number of amides is 2. The van der Waals surface area contributed by atoms with Gasteiger partial charge in [-0.1, -0.05) is 78.0 Å². The van der Waals surface area contributed by atoms with Gasteiger partial charge in [0.25, 0.3) is 0 Å². The third kappa shape index (κ3) is 7.69. The van der Waals surface area contributed by atoms with Crippen molar-refractivity contribution in [1.29, 1.82) is 0 Å². The van der Waals surface area contributed by atoms with Crippen molar-refractivity contribution >= 4 is 17.8 Å². The van der Waals surface area contributed by atoms with Crippen LogP contribution >= 0.6 is 0 Å². The Bertz CT molecular complexity index is 862. The first-order valence-electron chi connectivity index (χ1n) is 12.0. The zero-order valence-electron chi connectivity index (χ0n) is 22.2. The van der Waals surface area contributed by atoms with E-state index in [1.165, 1.54) is 6.92 Å². The average molecular weight is 474 g/mol. The molecular formula is C27H43N3O4. The van der Waals surface area contributed by atoms with E-state index in [0.29, 0.717) is 6.42 Å². The summed E-state index contributed by atoms with van der Waals surface area (Å²) in [5.41, 5.74) is 0.685. The summed E-state index contributed by atoms with van der Waals surface area (Å²) in [6, 6.07) is 8.13. The smallest absolute Gasteiger partial charge is 0.331 e. The maximum Gasteiger partial charge on any atom is 0.331 e. The van der Waals surface area contributed by atoms with E-state index in [1.54, 1.807) is 25.1 Å². The van der Waals surface area contributed by atoms with Crippen LogP contribution in [0.1, 0.15) is 60.5 Å². The Balaban J connectivity index is 3.22. The Morgan fingerprint density at radius 3 is 2.09 bits per heavy atom. The molecule has 34 heavy (non-hydrogen) atoms. The quantitative estimate of drug-likeness (QED) is 0.403. The molecule has 1 aromatic rings. The van der Waals surface area contributed by atoms with E-state index in [1.807, 2.05) is 71.9 Å². The van der Waals surface area contributed by atoms with E-state index in [0.717, 1.165) is 5.56 Å². The van der Waals surface area contributed by atoms with E-state index in [2.05, 4.69) is 10.6 Å². The topological polar surface area (TPSA) is 98.7 Å². The molecule has 3 atom stereocenters. The second-order valence-corrected chi connectivity index (χ2v) is 10.3. The lowest BCUT2D eigenvalue weighted by Gasteiger charge is -2.36. The van der Waals surface area contributed by atoms with Crippen LogP contribution in [-0.2, 0) is 19.8 Å². The van der Waals surface area contributed by atoms with Crippen molar-refractivity contribution in [1.82, 2.24) is 15.5 Å². The van der Waals surface area contributed by atoms with E-state index >= 15 is 0 Å². The number of carboxylic acid groups (broad SMARTS) is 1. The van der Waals surface area contributed by atoms with Crippen LogP contribution in [-0.4, -0.2) is 60.0 Å². The summed E-state index contributed by atoms with van der Waals surface area (Å²) in [5.74, 6) is -1.32. The molecule has 0 unspecified atom stereocenters. The van der Waals surface area contributed by atoms with Crippen LogP contribution in [0.4, 0.5) is 0 Å². The zero-order chi connectivity index (χ0) is 26.2. The molecule has 0 spiro atoms. The molecule has 3 N–H and O–H groups in total. The summed E-state index contributed by atoms with van der Waals surface area (Å²) < 4.78 is 0. The SMILES string of the molecule is CN[C@H](C(=O)N[C@@H](CC(C)C)C(=O)N(C)[C@H](/C=C(\C)C(=O)O)C(C)C)C(C)(C)c1ccccc1. The van der Waals surface area contributed by atoms with E-state index in [4.69, 9.17) is 0 Å². The first-order valence-corrected chi connectivity index (χ1v) is 12.0. The third-order valence-electron chi connectivity index (χ3n) is 6.35. The third-order valence-corrected chi connectivity index (χ3v) is 6.35. The summed E-state index contributed by atoms with van der Waals surface area (Å²) >= 11 is 0. The first-order chi connectivity index (χ1) is 15.7. The Kier molecular flexibility index (Phi) is 11.0. The maximum atomic E-state index is 13.6. The molecule has 2 amide bonds. The van der Waals surface area contributed by atoms with E-state index in [-0.39, 0.29) is 29.2 Å². The van der Waals surface area contributed by atoms with Gasteiger partial charge >= 0.3 is 5.97 Å². The minimum absolute atomic E-state index is 0.000669. The highest BCUT2D eigenvalue weighted by Gasteiger charge is 2.38. The van der Waals surface area contributed by atoms with Gasteiger partial charge in [-0.05, 0) is 37.8 Å². The van der Waals surface area contributed by atoms with Crippen LogP contribution in [0, 0.1) is 11.8 Å². The molecule has 0 aliphatic rings. The standard InChI is InChI=1S/C27H43N3O4/c1-17(2)15-21(25(32)30(9)22(18(3)4)16-19(5)26(33)34)29-24(31)23(28-8)27(6,7)20-13-11-10-12-14-20/h10-14,16-18,21-23,28H,15H2,1-9H3,(H,29,31)(H,33,34)/b19-16+/t21-,22+,23+/m0/s1. The molecule has 0 fully saturated rings. The molecule has 7 nitrogen and oxygen atoms in total. The van der Waals surface area contributed by atoms with Gasteiger partial charge in [-0.2, -0.15) is 0 Å². The molecule has 0 saturated heterocycles. The number of nitrogens with zero attached hydrogens (tertiary/aromatic N) is 1. The molecule has 0 aliphatic heterocycles. The summed E-state index contributed by atoms with van der Waals surface area (Å²) in [6.45, 7) is 13.4. The van der Waals surface area contributed by atoms with Gasteiger partial charge in [0.15, 0.2) is 0 Å². The lowest BCUT2D eigenvalue weighted by Crippen LogP contribution is -2.58. The minimum Gasteiger partial charge on any atom is -0.478 e. The number of nitrogens with one attached hydrogen (secondary N) is 2. The second-order valence-electron chi connectivity index (χ2n) is 10.3. The zero-order valence-corrected chi connectivity index (χ0v) is 22.2. The number of aliphatic carboxylic acids is 1. The van der Waals surface area contributed by atoms with Gasteiger partial charge in [0.2, 0.25) is 11.8 Å². The van der Waals surface area contributed by atoms with E-state index < -0.39 is 29.5 Å². The second kappa shape index (κ2) is 12.7. The van der Waals surface area contributed by atoms with Gasteiger partial charge < -0.3 is 20.6 Å². The fraction of sp³-hybridized carbons (Fsp3) is 0.593. The van der Waals surface area contributed by atoms with Gasteiger partial charge in [0, 0.05) is 18.0 Å². The number of rotatable bonds is 12. The van der Waals surface area contributed by atoms with Crippen LogP contribution < -0.4 is 10.6 Å². The molecule has 0 bridgehead atoms. The van der Waals surface area contributed by atoms with Crippen molar-refractivity contribution in [2.24, 2.45) is 11.8 Å². The van der Waals surface area contributed by atoms with Crippen molar-refractivity contribution in [3.63, 3.8) is 0 Å². The van der Waals surface area contributed by atoms with Gasteiger partial charge in [0.1, 0.15) is 6.04 Å². The molecule has 190 valence electrons. The molecule has 0 heterocycles. The van der Waals surface area contributed by atoms with Crippen molar-refractivity contribution in [2.45, 2.75) is 78.4 Å². The Morgan fingerprint density at radius 1 is 1.09 bits per heavy atom. The van der Waals surface area contributed by atoms with Gasteiger partial charge in [-0.15, -0.1) is 0 Å².